The van der Waals surface area contributed by atoms with Crippen molar-refractivity contribution < 1.29 is 9.47 Å². The van der Waals surface area contributed by atoms with Crippen LogP contribution in [0.25, 0.3) is 0 Å². The second-order valence-electron chi connectivity index (χ2n) is 7.09. The van der Waals surface area contributed by atoms with E-state index < -0.39 is 0 Å². The molecular formula is C20H23ClN2O2. The Morgan fingerprint density at radius 1 is 1.00 bits per heavy atom. The Labute approximate surface area is 154 Å². The summed E-state index contributed by atoms with van der Waals surface area (Å²) >= 11 is 0. The van der Waals surface area contributed by atoms with Crippen LogP contribution in [0.5, 0.6) is 11.5 Å². The zero-order valence-electron chi connectivity index (χ0n) is 14.2. The summed E-state index contributed by atoms with van der Waals surface area (Å²) in [6.45, 7) is 4.60. The molecule has 1 saturated heterocycles. The van der Waals surface area contributed by atoms with E-state index in [9.17, 15) is 0 Å². The maximum absolute atomic E-state index is 5.53. The van der Waals surface area contributed by atoms with Gasteiger partial charge in [0.15, 0.2) is 11.5 Å². The molecule has 5 heteroatoms. The zero-order chi connectivity index (χ0) is 16.0. The standard InChI is InChI=1S/C20H22N2O2.ClH/c1-2-4-17-16(3-1)20(7-9-21-10-8-20)13-22(17)12-15-5-6-18-19(11-15)24-14-23-18;/h1-6,11,21H,7-10,12-14H2;1H. The minimum atomic E-state index is 0. The molecule has 0 radical (unpaired) electrons. The van der Waals surface area contributed by atoms with E-state index in [1.165, 1.54) is 29.7 Å². The van der Waals surface area contributed by atoms with Gasteiger partial charge in [0.1, 0.15) is 0 Å². The first kappa shape index (κ1) is 16.6. The van der Waals surface area contributed by atoms with E-state index in [4.69, 9.17) is 9.47 Å². The first-order valence-corrected chi connectivity index (χ1v) is 8.78. The maximum atomic E-state index is 5.53. The molecule has 25 heavy (non-hydrogen) atoms. The number of fused-ring (bicyclic) bond motifs is 3. The van der Waals surface area contributed by atoms with Gasteiger partial charge >= 0.3 is 0 Å². The van der Waals surface area contributed by atoms with Gasteiger partial charge in [0.25, 0.3) is 0 Å². The van der Waals surface area contributed by atoms with E-state index in [1.807, 2.05) is 6.07 Å². The molecule has 0 bridgehead atoms. The van der Waals surface area contributed by atoms with E-state index in [0.29, 0.717) is 12.2 Å². The number of rotatable bonds is 2. The van der Waals surface area contributed by atoms with Crippen LogP contribution in [0.4, 0.5) is 5.69 Å². The van der Waals surface area contributed by atoms with Crippen LogP contribution in [0.3, 0.4) is 0 Å². The van der Waals surface area contributed by atoms with Crippen molar-refractivity contribution in [2.75, 3.05) is 31.3 Å². The molecule has 132 valence electrons. The fraction of sp³-hybridized carbons (Fsp3) is 0.400. The summed E-state index contributed by atoms with van der Waals surface area (Å²) in [6.07, 6.45) is 2.45. The second-order valence-corrected chi connectivity index (χ2v) is 7.09. The minimum absolute atomic E-state index is 0. The molecule has 3 aliphatic heterocycles. The Kier molecular flexibility index (Phi) is 4.26. The number of nitrogens with zero attached hydrogens (tertiary/aromatic N) is 1. The fourth-order valence-electron chi connectivity index (χ4n) is 4.47. The Balaban J connectivity index is 0.00000157. The molecule has 2 aromatic carbocycles. The Hall–Kier alpha value is -1.91. The smallest absolute Gasteiger partial charge is 0.231 e. The first-order chi connectivity index (χ1) is 11.8. The molecule has 2 aromatic rings. The van der Waals surface area contributed by atoms with Crippen LogP contribution >= 0.6 is 12.4 Å². The van der Waals surface area contributed by atoms with Gasteiger partial charge in [-0.1, -0.05) is 24.3 Å². The fourth-order valence-corrected chi connectivity index (χ4v) is 4.47. The summed E-state index contributed by atoms with van der Waals surface area (Å²) in [4.78, 5) is 2.54. The van der Waals surface area contributed by atoms with Gasteiger partial charge < -0.3 is 19.7 Å². The Morgan fingerprint density at radius 3 is 2.68 bits per heavy atom. The van der Waals surface area contributed by atoms with E-state index in [1.54, 1.807) is 0 Å². The second kappa shape index (κ2) is 6.43. The summed E-state index contributed by atoms with van der Waals surface area (Å²) in [7, 11) is 0. The molecule has 0 amide bonds. The Morgan fingerprint density at radius 2 is 1.80 bits per heavy atom. The molecule has 0 atom stereocenters. The molecule has 0 unspecified atom stereocenters. The number of ether oxygens (including phenoxy) is 2. The highest BCUT2D eigenvalue weighted by Gasteiger charge is 2.42. The van der Waals surface area contributed by atoms with Crippen molar-refractivity contribution in [1.82, 2.24) is 5.32 Å². The summed E-state index contributed by atoms with van der Waals surface area (Å²) in [5, 5.41) is 3.51. The van der Waals surface area contributed by atoms with Gasteiger partial charge in [0.2, 0.25) is 6.79 Å². The molecule has 1 N–H and O–H groups in total. The zero-order valence-corrected chi connectivity index (χ0v) is 15.0. The number of hydrogen-bond donors (Lipinski definition) is 1. The number of nitrogens with one attached hydrogen (secondary N) is 1. The average molecular weight is 359 g/mol. The van der Waals surface area contributed by atoms with Crippen molar-refractivity contribution in [2.24, 2.45) is 0 Å². The lowest BCUT2D eigenvalue weighted by Gasteiger charge is -2.35. The van der Waals surface area contributed by atoms with Gasteiger partial charge in [-0.3, -0.25) is 0 Å². The van der Waals surface area contributed by atoms with Crippen LogP contribution in [-0.4, -0.2) is 26.4 Å². The van der Waals surface area contributed by atoms with Gasteiger partial charge in [-0.25, -0.2) is 0 Å². The topological polar surface area (TPSA) is 33.7 Å². The Bertz CT molecular complexity index is 774. The highest BCUT2D eigenvalue weighted by Crippen LogP contribution is 2.46. The van der Waals surface area contributed by atoms with Crippen LogP contribution in [-0.2, 0) is 12.0 Å². The largest absolute Gasteiger partial charge is 0.454 e. The van der Waals surface area contributed by atoms with Crippen molar-refractivity contribution in [3.05, 3.63) is 53.6 Å². The molecule has 4 nitrogen and oxygen atoms in total. The van der Waals surface area contributed by atoms with Crippen LogP contribution in [0, 0.1) is 0 Å². The van der Waals surface area contributed by atoms with Gasteiger partial charge in [-0.2, -0.15) is 0 Å². The van der Waals surface area contributed by atoms with Crippen molar-refractivity contribution in [3.8, 4) is 11.5 Å². The van der Waals surface area contributed by atoms with E-state index in [2.05, 4.69) is 46.6 Å². The number of para-hydroxylation sites is 1. The number of benzene rings is 2. The first-order valence-electron chi connectivity index (χ1n) is 8.78. The van der Waals surface area contributed by atoms with Crippen molar-refractivity contribution >= 4 is 18.1 Å². The van der Waals surface area contributed by atoms with Crippen LogP contribution in [0.15, 0.2) is 42.5 Å². The summed E-state index contributed by atoms with van der Waals surface area (Å²) in [5.74, 6) is 1.73. The predicted molar refractivity (Wildman–Crippen MR) is 101 cm³/mol. The number of halogens is 1. The summed E-state index contributed by atoms with van der Waals surface area (Å²) in [6, 6.07) is 15.3. The van der Waals surface area contributed by atoms with Crippen molar-refractivity contribution in [3.63, 3.8) is 0 Å². The lowest BCUT2D eigenvalue weighted by atomic mass is 9.75. The maximum Gasteiger partial charge on any atom is 0.231 e. The highest BCUT2D eigenvalue weighted by atomic mass is 35.5. The van der Waals surface area contributed by atoms with Gasteiger partial charge in [0, 0.05) is 24.2 Å². The number of piperidine rings is 1. The quantitative estimate of drug-likeness (QED) is 0.891. The molecule has 5 rings (SSSR count). The van der Waals surface area contributed by atoms with E-state index in [-0.39, 0.29) is 12.4 Å². The summed E-state index contributed by atoms with van der Waals surface area (Å²) in [5.41, 5.74) is 4.53. The normalized spacial score (nSPS) is 19.6. The molecular weight excluding hydrogens is 336 g/mol. The van der Waals surface area contributed by atoms with Crippen LogP contribution in [0.2, 0.25) is 0 Å². The van der Waals surface area contributed by atoms with Crippen molar-refractivity contribution in [1.29, 1.82) is 0 Å². The van der Waals surface area contributed by atoms with Crippen LogP contribution in [0.1, 0.15) is 24.0 Å². The molecule has 3 heterocycles. The van der Waals surface area contributed by atoms with E-state index in [0.717, 1.165) is 37.7 Å². The monoisotopic (exact) mass is 358 g/mol. The van der Waals surface area contributed by atoms with Gasteiger partial charge in [-0.05, 0) is 55.3 Å². The minimum Gasteiger partial charge on any atom is -0.454 e. The molecule has 0 saturated carbocycles. The van der Waals surface area contributed by atoms with E-state index >= 15 is 0 Å². The average Bonchev–Trinajstić information content (AvgIpc) is 3.20. The predicted octanol–water partition coefficient (Wildman–Crippen LogP) is 3.48. The lowest BCUT2D eigenvalue weighted by molar-refractivity contribution is 0.174. The molecule has 0 aliphatic carbocycles. The molecule has 1 spiro atoms. The summed E-state index contributed by atoms with van der Waals surface area (Å²) < 4.78 is 11.0. The number of hydrogen-bond acceptors (Lipinski definition) is 4. The van der Waals surface area contributed by atoms with Crippen LogP contribution < -0.4 is 19.7 Å². The third kappa shape index (κ3) is 2.74. The highest BCUT2D eigenvalue weighted by molar-refractivity contribution is 5.85. The molecule has 1 fully saturated rings. The SMILES string of the molecule is Cl.c1ccc2c(c1)N(Cc1ccc3c(c1)OCO3)CC21CCNCC1. The van der Waals surface area contributed by atoms with Crippen molar-refractivity contribution in [2.45, 2.75) is 24.8 Å². The third-order valence-corrected chi connectivity index (χ3v) is 5.68. The van der Waals surface area contributed by atoms with Gasteiger partial charge in [0.05, 0.1) is 0 Å². The molecule has 3 aliphatic rings. The lowest BCUT2D eigenvalue weighted by Crippen LogP contribution is -2.43. The van der Waals surface area contributed by atoms with Gasteiger partial charge in [-0.15, -0.1) is 12.4 Å². The number of anilines is 1. The molecule has 0 aromatic heterocycles. The third-order valence-electron chi connectivity index (χ3n) is 5.68.